The molecule has 120 valence electrons. The number of rotatable bonds is 7. The van der Waals surface area contributed by atoms with Crippen LogP contribution in [0, 0.1) is 0 Å². The molecule has 0 aromatic heterocycles. The number of carboxylic acid groups (broad SMARTS) is 1. The molecule has 22 heavy (non-hydrogen) atoms. The van der Waals surface area contributed by atoms with Gasteiger partial charge in [-0.1, -0.05) is 0 Å². The van der Waals surface area contributed by atoms with Crippen LogP contribution in [0.3, 0.4) is 0 Å². The number of carbonyl (C=O) groups is 3. The van der Waals surface area contributed by atoms with Crippen molar-refractivity contribution < 1.29 is 24.2 Å². The van der Waals surface area contributed by atoms with Crippen LogP contribution in [0.5, 0.6) is 0 Å². The highest BCUT2D eigenvalue weighted by atomic mass is 16.5. The Morgan fingerprint density at radius 3 is 2.27 bits per heavy atom. The highest BCUT2D eigenvalue weighted by Crippen LogP contribution is 2.10. The summed E-state index contributed by atoms with van der Waals surface area (Å²) in [6.45, 7) is 5.27. The molecule has 0 aliphatic rings. The Morgan fingerprint density at radius 1 is 1.18 bits per heavy atom. The Balaban J connectivity index is 2.65. The van der Waals surface area contributed by atoms with E-state index < -0.39 is 24.0 Å². The second kappa shape index (κ2) is 8.14. The van der Waals surface area contributed by atoms with Crippen LogP contribution in [0.2, 0.25) is 0 Å². The maximum atomic E-state index is 11.8. The third-order valence-electron chi connectivity index (χ3n) is 2.92. The van der Waals surface area contributed by atoms with Crippen molar-refractivity contribution in [2.75, 3.05) is 11.9 Å². The van der Waals surface area contributed by atoms with Crippen LogP contribution in [0.1, 0.15) is 31.1 Å². The summed E-state index contributed by atoms with van der Waals surface area (Å²) in [5, 5.41) is 13.7. The molecule has 2 amide bonds. The predicted octanol–water partition coefficient (Wildman–Crippen LogP) is 1.25. The topological polar surface area (TPSA) is 105 Å². The minimum absolute atomic E-state index is 0.279. The smallest absolute Gasteiger partial charge is 0.325 e. The van der Waals surface area contributed by atoms with Gasteiger partial charge in [-0.2, -0.15) is 0 Å². The summed E-state index contributed by atoms with van der Waals surface area (Å²) in [6, 6.07) is 5.17. The van der Waals surface area contributed by atoms with Gasteiger partial charge in [-0.05, 0) is 45.0 Å². The van der Waals surface area contributed by atoms with Crippen molar-refractivity contribution >= 4 is 23.5 Å². The number of ether oxygens (including phenoxy) is 1. The van der Waals surface area contributed by atoms with Crippen molar-refractivity contribution in [3.8, 4) is 0 Å². The van der Waals surface area contributed by atoms with Crippen LogP contribution in [-0.2, 0) is 14.3 Å². The van der Waals surface area contributed by atoms with Gasteiger partial charge in [0.05, 0.1) is 0 Å². The van der Waals surface area contributed by atoms with Crippen LogP contribution in [0.4, 0.5) is 5.69 Å². The molecule has 0 saturated heterocycles. The van der Waals surface area contributed by atoms with Crippen LogP contribution in [0.25, 0.3) is 0 Å². The number of amides is 2. The summed E-state index contributed by atoms with van der Waals surface area (Å²) < 4.78 is 5.17. The minimum atomic E-state index is -1.11. The van der Waals surface area contributed by atoms with Crippen LogP contribution < -0.4 is 10.6 Å². The van der Waals surface area contributed by atoms with Gasteiger partial charge in [-0.3, -0.25) is 14.4 Å². The number of hydrogen-bond donors (Lipinski definition) is 3. The SMILES string of the molecule is CCOC(C)C(=O)Nc1ccc(C(=O)NC(C)C(=O)O)cc1. The Kier molecular flexibility index (Phi) is 6.52. The first kappa shape index (κ1) is 17.6. The molecule has 1 aromatic rings. The summed E-state index contributed by atoms with van der Waals surface area (Å²) >= 11 is 0. The van der Waals surface area contributed by atoms with E-state index in [4.69, 9.17) is 9.84 Å². The Morgan fingerprint density at radius 2 is 1.77 bits per heavy atom. The van der Waals surface area contributed by atoms with Gasteiger partial charge >= 0.3 is 5.97 Å². The van der Waals surface area contributed by atoms with Crippen molar-refractivity contribution in [3.05, 3.63) is 29.8 Å². The molecule has 0 aliphatic carbocycles. The summed E-state index contributed by atoms with van der Waals surface area (Å²) in [6.07, 6.45) is -0.565. The van der Waals surface area contributed by atoms with E-state index in [1.54, 1.807) is 26.0 Å². The summed E-state index contributed by atoms with van der Waals surface area (Å²) in [7, 11) is 0. The quantitative estimate of drug-likeness (QED) is 0.703. The molecule has 0 aliphatic heterocycles. The van der Waals surface area contributed by atoms with Crippen molar-refractivity contribution in [2.24, 2.45) is 0 Å². The first-order valence-corrected chi connectivity index (χ1v) is 6.91. The molecule has 1 rings (SSSR count). The van der Waals surface area contributed by atoms with Gasteiger partial charge in [-0.15, -0.1) is 0 Å². The molecule has 0 saturated carbocycles. The van der Waals surface area contributed by atoms with E-state index in [-0.39, 0.29) is 5.91 Å². The molecular weight excluding hydrogens is 288 g/mol. The van der Waals surface area contributed by atoms with E-state index in [1.165, 1.54) is 19.1 Å². The van der Waals surface area contributed by atoms with Gasteiger partial charge in [0, 0.05) is 17.9 Å². The van der Waals surface area contributed by atoms with E-state index >= 15 is 0 Å². The predicted molar refractivity (Wildman–Crippen MR) is 80.7 cm³/mol. The van der Waals surface area contributed by atoms with Crippen LogP contribution in [-0.4, -0.2) is 41.6 Å². The molecular formula is C15H20N2O5. The summed E-state index contributed by atoms with van der Waals surface area (Å²) in [5.74, 6) is -1.88. The number of nitrogens with one attached hydrogen (secondary N) is 2. The highest BCUT2D eigenvalue weighted by molar-refractivity contribution is 5.98. The fraction of sp³-hybridized carbons (Fsp3) is 0.400. The number of anilines is 1. The molecule has 0 radical (unpaired) electrons. The zero-order valence-electron chi connectivity index (χ0n) is 12.8. The Labute approximate surface area is 128 Å². The van der Waals surface area contributed by atoms with E-state index in [1.807, 2.05) is 0 Å². The summed E-state index contributed by atoms with van der Waals surface area (Å²) in [5.41, 5.74) is 0.836. The van der Waals surface area contributed by atoms with Crippen molar-refractivity contribution in [2.45, 2.75) is 32.9 Å². The third kappa shape index (κ3) is 5.17. The maximum absolute atomic E-state index is 11.8. The first-order chi connectivity index (χ1) is 10.3. The van der Waals surface area contributed by atoms with Crippen molar-refractivity contribution in [1.29, 1.82) is 0 Å². The number of carbonyl (C=O) groups excluding carboxylic acids is 2. The van der Waals surface area contributed by atoms with Gasteiger partial charge in [0.15, 0.2) is 0 Å². The third-order valence-corrected chi connectivity index (χ3v) is 2.92. The first-order valence-electron chi connectivity index (χ1n) is 6.91. The van der Waals surface area contributed by atoms with Crippen molar-refractivity contribution in [3.63, 3.8) is 0 Å². The fourth-order valence-corrected chi connectivity index (χ4v) is 1.62. The molecule has 3 N–H and O–H groups in total. The lowest BCUT2D eigenvalue weighted by Gasteiger charge is -2.13. The molecule has 2 unspecified atom stereocenters. The minimum Gasteiger partial charge on any atom is -0.480 e. The maximum Gasteiger partial charge on any atom is 0.325 e. The molecule has 1 aromatic carbocycles. The van der Waals surface area contributed by atoms with E-state index in [9.17, 15) is 14.4 Å². The molecule has 7 heteroatoms. The number of hydrogen-bond acceptors (Lipinski definition) is 4. The number of aliphatic carboxylic acids is 1. The zero-order chi connectivity index (χ0) is 16.7. The standard InChI is InChI=1S/C15H20N2O5/c1-4-22-10(3)13(18)17-12-7-5-11(6-8-12)14(19)16-9(2)15(20)21/h5-10H,4H2,1-3H3,(H,16,19)(H,17,18)(H,20,21). The second-order valence-electron chi connectivity index (χ2n) is 4.70. The van der Waals surface area contributed by atoms with Crippen LogP contribution in [0.15, 0.2) is 24.3 Å². The molecule has 0 heterocycles. The monoisotopic (exact) mass is 308 g/mol. The average Bonchev–Trinajstić information content (AvgIpc) is 2.47. The zero-order valence-corrected chi connectivity index (χ0v) is 12.8. The van der Waals surface area contributed by atoms with Gasteiger partial charge in [0.25, 0.3) is 11.8 Å². The second-order valence-corrected chi connectivity index (χ2v) is 4.70. The Hall–Kier alpha value is -2.41. The highest BCUT2D eigenvalue weighted by Gasteiger charge is 2.16. The average molecular weight is 308 g/mol. The van der Waals surface area contributed by atoms with Crippen LogP contribution >= 0.6 is 0 Å². The summed E-state index contributed by atoms with van der Waals surface area (Å²) in [4.78, 5) is 34.3. The van der Waals surface area contributed by atoms with Gasteiger partial charge < -0.3 is 20.5 Å². The normalized spacial score (nSPS) is 13.0. The lowest BCUT2D eigenvalue weighted by molar-refractivity contribution is -0.138. The molecule has 0 spiro atoms. The van der Waals surface area contributed by atoms with Gasteiger partial charge in [0.1, 0.15) is 12.1 Å². The van der Waals surface area contributed by atoms with E-state index in [2.05, 4.69) is 10.6 Å². The van der Waals surface area contributed by atoms with Gasteiger partial charge in [-0.25, -0.2) is 0 Å². The van der Waals surface area contributed by atoms with E-state index in [0.29, 0.717) is 17.9 Å². The molecule has 2 atom stereocenters. The van der Waals surface area contributed by atoms with Crippen molar-refractivity contribution in [1.82, 2.24) is 5.32 Å². The Bertz CT molecular complexity index is 541. The molecule has 7 nitrogen and oxygen atoms in total. The number of carboxylic acids is 1. The van der Waals surface area contributed by atoms with E-state index in [0.717, 1.165) is 0 Å². The van der Waals surface area contributed by atoms with Gasteiger partial charge in [0.2, 0.25) is 0 Å². The number of benzene rings is 1. The molecule has 0 fully saturated rings. The lowest BCUT2D eigenvalue weighted by atomic mass is 10.1. The molecule has 0 bridgehead atoms. The fourth-order valence-electron chi connectivity index (χ4n) is 1.62. The lowest BCUT2D eigenvalue weighted by Crippen LogP contribution is -2.38. The largest absolute Gasteiger partial charge is 0.480 e.